The van der Waals surface area contributed by atoms with E-state index in [-0.39, 0.29) is 12.2 Å². The Kier molecular flexibility index (Phi) is 4.29. The van der Waals surface area contributed by atoms with Gasteiger partial charge in [0.2, 0.25) is 0 Å². The van der Waals surface area contributed by atoms with Crippen LogP contribution in [-0.2, 0) is 6.54 Å². The van der Waals surface area contributed by atoms with Crippen LogP contribution in [0.1, 0.15) is 5.69 Å². The standard InChI is InChI=1S/C11H18N4O3/c16-6-5-14-1-3-15(4-2-14)8-9-7-10(17)13-11(18)12-9/h7,16H,1-6,8H2,(H2,12,13,17,18). The van der Waals surface area contributed by atoms with E-state index in [1.54, 1.807) is 0 Å². The summed E-state index contributed by atoms with van der Waals surface area (Å²) in [6.07, 6.45) is 0. The van der Waals surface area contributed by atoms with Gasteiger partial charge >= 0.3 is 5.69 Å². The van der Waals surface area contributed by atoms with E-state index in [1.165, 1.54) is 6.07 Å². The lowest BCUT2D eigenvalue weighted by Gasteiger charge is -2.34. The minimum atomic E-state index is -0.462. The molecule has 1 aliphatic heterocycles. The third-order valence-corrected chi connectivity index (χ3v) is 3.09. The maximum Gasteiger partial charge on any atom is 0.325 e. The highest BCUT2D eigenvalue weighted by Gasteiger charge is 2.16. The Morgan fingerprint density at radius 1 is 1.11 bits per heavy atom. The lowest BCUT2D eigenvalue weighted by molar-refractivity contribution is 0.107. The average Bonchev–Trinajstić information content (AvgIpc) is 2.31. The first-order chi connectivity index (χ1) is 8.67. The van der Waals surface area contributed by atoms with Gasteiger partial charge in [-0.15, -0.1) is 0 Å². The third kappa shape index (κ3) is 3.52. The fraction of sp³-hybridized carbons (Fsp3) is 0.636. The van der Waals surface area contributed by atoms with E-state index in [0.717, 1.165) is 26.2 Å². The van der Waals surface area contributed by atoms with E-state index in [0.29, 0.717) is 18.8 Å². The number of nitrogens with zero attached hydrogens (tertiary/aromatic N) is 2. The van der Waals surface area contributed by atoms with Crippen molar-refractivity contribution in [2.45, 2.75) is 6.54 Å². The molecule has 0 unspecified atom stereocenters. The van der Waals surface area contributed by atoms with Crippen LogP contribution in [0, 0.1) is 0 Å². The van der Waals surface area contributed by atoms with Crippen LogP contribution in [0.15, 0.2) is 15.7 Å². The van der Waals surface area contributed by atoms with Crippen molar-refractivity contribution in [2.24, 2.45) is 0 Å². The molecule has 1 aromatic rings. The number of H-pyrrole nitrogens is 2. The molecule has 2 heterocycles. The number of rotatable bonds is 4. The number of nitrogens with one attached hydrogen (secondary N) is 2. The topological polar surface area (TPSA) is 92.4 Å². The van der Waals surface area contributed by atoms with Crippen LogP contribution < -0.4 is 11.2 Å². The summed E-state index contributed by atoms with van der Waals surface area (Å²) >= 11 is 0. The first kappa shape index (κ1) is 13.0. The zero-order valence-electron chi connectivity index (χ0n) is 10.2. The highest BCUT2D eigenvalue weighted by molar-refractivity contribution is 4.98. The second kappa shape index (κ2) is 5.94. The van der Waals surface area contributed by atoms with Gasteiger partial charge in [0.05, 0.1) is 6.61 Å². The van der Waals surface area contributed by atoms with Gasteiger partial charge < -0.3 is 10.1 Å². The summed E-state index contributed by atoms with van der Waals surface area (Å²) in [7, 11) is 0. The van der Waals surface area contributed by atoms with Crippen LogP contribution >= 0.6 is 0 Å². The van der Waals surface area contributed by atoms with Gasteiger partial charge in [0.1, 0.15) is 0 Å². The molecule has 0 saturated carbocycles. The smallest absolute Gasteiger partial charge is 0.325 e. The number of piperazine rings is 1. The van der Waals surface area contributed by atoms with E-state index in [9.17, 15) is 9.59 Å². The van der Waals surface area contributed by atoms with Crippen LogP contribution in [0.25, 0.3) is 0 Å². The molecule has 7 heteroatoms. The Labute approximate surface area is 104 Å². The zero-order chi connectivity index (χ0) is 13.0. The van der Waals surface area contributed by atoms with E-state index in [1.807, 2.05) is 0 Å². The second-order valence-electron chi connectivity index (χ2n) is 4.45. The molecule has 18 heavy (non-hydrogen) atoms. The quantitative estimate of drug-likeness (QED) is 0.588. The molecule has 1 aromatic heterocycles. The summed E-state index contributed by atoms with van der Waals surface area (Å²) in [5.74, 6) is 0. The monoisotopic (exact) mass is 254 g/mol. The summed E-state index contributed by atoms with van der Waals surface area (Å²) in [5.41, 5.74) is -0.191. The van der Waals surface area contributed by atoms with Gasteiger partial charge in [-0.1, -0.05) is 0 Å². The van der Waals surface area contributed by atoms with Gasteiger partial charge in [0, 0.05) is 51.0 Å². The normalized spacial score (nSPS) is 18.1. The molecule has 3 N–H and O–H groups in total. The van der Waals surface area contributed by atoms with Crippen molar-refractivity contribution in [3.63, 3.8) is 0 Å². The van der Waals surface area contributed by atoms with Crippen molar-refractivity contribution in [1.82, 2.24) is 19.8 Å². The Balaban J connectivity index is 1.91. The minimum Gasteiger partial charge on any atom is -0.395 e. The maximum atomic E-state index is 11.2. The zero-order valence-corrected chi connectivity index (χ0v) is 10.2. The number of aromatic amines is 2. The Hall–Kier alpha value is -1.44. The van der Waals surface area contributed by atoms with Gasteiger partial charge in [0.25, 0.3) is 5.56 Å². The van der Waals surface area contributed by atoms with E-state index >= 15 is 0 Å². The lowest BCUT2D eigenvalue weighted by Crippen LogP contribution is -2.47. The fourth-order valence-electron chi connectivity index (χ4n) is 2.16. The molecule has 0 aromatic carbocycles. The first-order valence-electron chi connectivity index (χ1n) is 6.05. The molecule has 0 atom stereocenters. The largest absolute Gasteiger partial charge is 0.395 e. The highest BCUT2D eigenvalue weighted by Crippen LogP contribution is 2.04. The van der Waals surface area contributed by atoms with Gasteiger partial charge in [-0.2, -0.15) is 0 Å². The van der Waals surface area contributed by atoms with Crippen molar-refractivity contribution < 1.29 is 5.11 Å². The summed E-state index contributed by atoms with van der Waals surface area (Å²) in [6.45, 7) is 4.99. The third-order valence-electron chi connectivity index (χ3n) is 3.09. The molecule has 2 rings (SSSR count). The van der Waals surface area contributed by atoms with Crippen molar-refractivity contribution in [3.05, 3.63) is 32.6 Å². The predicted octanol–water partition coefficient (Wildman–Crippen LogP) is -1.83. The van der Waals surface area contributed by atoms with Gasteiger partial charge in [-0.3, -0.25) is 19.6 Å². The molecule has 0 radical (unpaired) electrons. The van der Waals surface area contributed by atoms with Crippen LogP contribution in [0.2, 0.25) is 0 Å². The van der Waals surface area contributed by atoms with Crippen LogP contribution in [0.3, 0.4) is 0 Å². The number of hydrogen-bond acceptors (Lipinski definition) is 5. The molecule has 0 amide bonds. The number of β-amino-alcohol motifs (C(OH)–C–C–N with tert-alkyl or cyclic N) is 1. The van der Waals surface area contributed by atoms with Gasteiger partial charge in [-0.05, 0) is 0 Å². The van der Waals surface area contributed by atoms with Crippen LogP contribution in [0.4, 0.5) is 0 Å². The first-order valence-corrected chi connectivity index (χ1v) is 6.05. The van der Waals surface area contributed by atoms with Crippen molar-refractivity contribution >= 4 is 0 Å². The average molecular weight is 254 g/mol. The van der Waals surface area contributed by atoms with Gasteiger partial charge in [-0.25, -0.2) is 4.79 Å². The summed E-state index contributed by atoms with van der Waals surface area (Å²) in [5, 5.41) is 8.85. The number of hydrogen-bond donors (Lipinski definition) is 3. The second-order valence-corrected chi connectivity index (χ2v) is 4.45. The molecule has 1 saturated heterocycles. The highest BCUT2D eigenvalue weighted by atomic mass is 16.3. The molecule has 100 valence electrons. The predicted molar refractivity (Wildman–Crippen MR) is 66.5 cm³/mol. The molecular formula is C11H18N4O3. The summed E-state index contributed by atoms with van der Waals surface area (Å²) < 4.78 is 0. The van der Waals surface area contributed by atoms with E-state index in [4.69, 9.17) is 5.11 Å². The SMILES string of the molecule is O=c1cc(CN2CCN(CCO)CC2)[nH]c(=O)[nH]1. The molecule has 0 bridgehead atoms. The molecule has 0 aliphatic carbocycles. The van der Waals surface area contributed by atoms with E-state index < -0.39 is 5.69 Å². The minimum absolute atomic E-state index is 0.182. The van der Waals surface area contributed by atoms with Crippen molar-refractivity contribution in [1.29, 1.82) is 0 Å². The Morgan fingerprint density at radius 2 is 1.78 bits per heavy atom. The molecule has 7 nitrogen and oxygen atoms in total. The molecule has 1 fully saturated rings. The lowest BCUT2D eigenvalue weighted by atomic mass is 10.3. The molecular weight excluding hydrogens is 236 g/mol. The van der Waals surface area contributed by atoms with Crippen LogP contribution in [0.5, 0.6) is 0 Å². The summed E-state index contributed by atoms with van der Waals surface area (Å²) in [6, 6.07) is 1.42. The Morgan fingerprint density at radius 3 is 2.39 bits per heavy atom. The van der Waals surface area contributed by atoms with Crippen molar-refractivity contribution in [2.75, 3.05) is 39.3 Å². The molecule has 0 spiro atoms. The fourth-order valence-corrected chi connectivity index (χ4v) is 2.16. The van der Waals surface area contributed by atoms with Crippen molar-refractivity contribution in [3.8, 4) is 0 Å². The summed E-state index contributed by atoms with van der Waals surface area (Å²) in [4.78, 5) is 31.4. The Bertz CT molecular complexity index is 459. The van der Waals surface area contributed by atoms with Gasteiger partial charge in [0.15, 0.2) is 0 Å². The van der Waals surface area contributed by atoms with Crippen LogP contribution in [-0.4, -0.2) is 64.2 Å². The van der Waals surface area contributed by atoms with E-state index in [2.05, 4.69) is 19.8 Å². The number of aliphatic hydroxyl groups is 1. The molecule has 1 aliphatic rings. The number of aliphatic hydroxyl groups excluding tert-OH is 1. The number of aromatic nitrogens is 2. The maximum absolute atomic E-state index is 11.2.